The van der Waals surface area contributed by atoms with E-state index < -0.39 is 21.8 Å². The van der Waals surface area contributed by atoms with Gasteiger partial charge in [0.25, 0.3) is 11.8 Å². The van der Waals surface area contributed by atoms with Crippen molar-refractivity contribution in [2.75, 3.05) is 26.3 Å². The highest BCUT2D eigenvalue weighted by Crippen LogP contribution is 2.27. The summed E-state index contributed by atoms with van der Waals surface area (Å²) in [6, 6.07) is 9.47. The van der Waals surface area contributed by atoms with Crippen LogP contribution in [0.25, 0.3) is 9.88 Å². The third kappa shape index (κ3) is 4.83. The van der Waals surface area contributed by atoms with E-state index in [2.05, 4.69) is 15.8 Å². The molecule has 1 fully saturated rings. The van der Waals surface area contributed by atoms with E-state index in [1.807, 2.05) is 17.5 Å². The standard InChI is InChI=1S/C19H18N4O5S3/c24-17(21-22-18(25)15-12-30-19(20-15)16-5-2-10-29-16)13-3-1-4-14(11-13)31(26,27)23-6-8-28-9-7-23/h1-5,10-12H,6-9H2,(H,21,24)(H,22,25). The van der Waals surface area contributed by atoms with Crippen LogP contribution in [0, 0.1) is 0 Å². The molecule has 0 radical (unpaired) electrons. The Morgan fingerprint density at radius 1 is 1.03 bits per heavy atom. The van der Waals surface area contributed by atoms with E-state index in [1.54, 1.807) is 5.38 Å². The minimum atomic E-state index is -3.73. The minimum absolute atomic E-state index is 0.00784. The lowest BCUT2D eigenvalue weighted by Gasteiger charge is -2.26. The van der Waals surface area contributed by atoms with Gasteiger partial charge in [-0.25, -0.2) is 13.4 Å². The first kappa shape index (κ1) is 21.6. The van der Waals surface area contributed by atoms with Crippen LogP contribution in [0.4, 0.5) is 0 Å². The van der Waals surface area contributed by atoms with E-state index in [0.717, 1.165) is 4.88 Å². The van der Waals surface area contributed by atoms with Gasteiger partial charge in [0.15, 0.2) is 0 Å². The summed E-state index contributed by atoms with van der Waals surface area (Å²) in [4.78, 5) is 30.0. The maximum absolute atomic E-state index is 12.8. The number of thiophene rings is 1. The molecule has 0 aliphatic carbocycles. The van der Waals surface area contributed by atoms with Crippen LogP contribution in [0.1, 0.15) is 20.8 Å². The number of benzene rings is 1. The van der Waals surface area contributed by atoms with Crippen molar-refractivity contribution in [1.29, 1.82) is 0 Å². The smallest absolute Gasteiger partial charge is 0.289 e. The molecule has 31 heavy (non-hydrogen) atoms. The first-order valence-electron chi connectivity index (χ1n) is 9.23. The van der Waals surface area contributed by atoms with Crippen LogP contribution in [0.2, 0.25) is 0 Å². The van der Waals surface area contributed by atoms with Gasteiger partial charge in [-0.1, -0.05) is 12.1 Å². The van der Waals surface area contributed by atoms with E-state index in [9.17, 15) is 18.0 Å². The monoisotopic (exact) mass is 478 g/mol. The van der Waals surface area contributed by atoms with E-state index in [1.165, 1.54) is 51.2 Å². The molecule has 0 bridgehead atoms. The lowest BCUT2D eigenvalue weighted by molar-refractivity contribution is 0.0730. The first-order chi connectivity index (χ1) is 14.9. The largest absolute Gasteiger partial charge is 0.379 e. The number of hydrogen-bond donors (Lipinski definition) is 2. The van der Waals surface area contributed by atoms with Crippen molar-refractivity contribution in [2.24, 2.45) is 0 Å². The van der Waals surface area contributed by atoms with Gasteiger partial charge in [0.05, 0.1) is 23.0 Å². The Bertz CT molecular complexity index is 1180. The molecule has 1 aliphatic heterocycles. The van der Waals surface area contributed by atoms with E-state index in [0.29, 0.717) is 18.2 Å². The molecule has 12 heteroatoms. The molecule has 3 aromatic rings. The molecule has 0 spiro atoms. The van der Waals surface area contributed by atoms with Crippen LogP contribution in [-0.2, 0) is 14.8 Å². The van der Waals surface area contributed by atoms with Crippen LogP contribution >= 0.6 is 22.7 Å². The van der Waals surface area contributed by atoms with Crippen molar-refractivity contribution in [3.63, 3.8) is 0 Å². The second-order valence-corrected chi connectivity index (χ2v) is 10.2. The van der Waals surface area contributed by atoms with Gasteiger partial charge in [-0.3, -0.25) is 20.4 Å². The molecule has 0 atom stereocenters. The van der Waals surface area contributed by atoms with Gasteiger partial charge in [-0.2, -0.15) is 4.31 Å². The second-order valence-electron chi connectivity index (χ2n) is 6.47. The van der Waals surface area contributed by atoms with Crippen molar-refractivity contribution < 1.29 is 22.7 Å². The van der Waals surface area contributed by atoms with Crippen molar-refractivity contribution >= 4 is 44.5 Å². The summed E-state index contributed by atoms with van der Waals surface area (Å²) in [7, 11) is -3.73. The number of morpholine rings is 1. The second kappa shape index (κ2) is 9.24. The molecule has 4 rings (SSSR count). The van der Waals surface area contributed by atoms with E-state index in [4.69, 9.17) is 4.74 Å². The summed E-state index contributed by atoms with van der Waals surface area (Å²) < 4.78 is 32.1. The number of hydrazine groups is 1. The Kier molecular flexibility index (Phi) is 6.43. The fourth-order valence-electron chi connectivity index (χ4n) is 2.88. The lowest BCUT2D eigenvalue weighted by Crippen LogP contribution is -2.42. The van der Waals surface area contributed by atoms with Gasteiger partial charge in [0.2, 0.25) is 10.0 Å². The predicted octanol–water partition coefficient (Wildman–Crippen LogP) is 1.97. The van der Waals surface area contributed by atoms with Gasteiger partial charge >= 0.3 is 0 Å². The van der Waals surface area contributed by atoms with Gasteiger partial charge < -0.3 is 4.74 Å². The summed E-state index contributed by atoms with van der Waals surface area (Å²) in [6.07, 6.45) is 0. The van der Waals surface area contributed by atoms with Crippen LogP contribution in [0.5, 0.6) is 0 Å². The Hall–Kier alpha value is -2.64. The third-order valence-electron chi connectivity index (χ3n) is 4.46. The van der Waals surface area contributed by atoms with E-state index in [-0.39, 0.29) is 29.2 Å². The van der Waals surface area contributed by atoms with Gasteiger partial charge in [-0.15, -0.1) is 22.7 Å². The van der Waals surface area contributed by atoms with Crippen LogP contribution in [0.15, 0.2) is 52.1 Å². The molecule has 162 valence electrons. The first-order valence-corrected chi connectivity index (χ1v) is 12.4. The number of rotatable bonds is 5. The summed E-state index contributed by atoms with van der Waals surface area (Å²) in [5.41, 5.74) is 4.89. The molecule has 9 nitrogen and oxygen atoms in total. The Labute approximate surface area is 186 Å². The summed E-state index contributed by atoms with van der Waals surface area (Å²) >= 11 is 2.85. The Morgan fingerprint density at radius 3 is 2.55 bits per heavy atom. The predicted molar refractivity (Wildman–Crippen MR) is 116 cm³/mol. The molecule has 0 saturated carbocycles. The topological polar surface area (TPSA) is 118 Å². The maximum Gasteiger partial charge on any atom is 0.289 e. The number of sulfonamides is 1. The number of nitrogens with zero attached hydrogens (tertiary/aromatic N) is 2. The Balaban J connectivity index is 1.41. The molecule has 0 unspecified atom stereocenters. The highest BCUT2D eigenvalue weighted by Gasteiger charge is 2.27. The number of hydrogen-bond acceptors (Lipinski definition) is 8. The van der Waals surface area contributed by atoms with Gasteiger partial charge in [-0.05, 0) is 29.6 Å². The maximum atomic E-state index is 12.8. The zero-order valence-corrected chi connectivity index (χ0v) is 18.6. The molecule has 1 saturated heterocycles. The molecular weight excluding hydrogens is 460 g/mol. The van der Waals surface area contributed by atoms with Crippen molar-refractivity contribution in [3.8, 4) is 9.88 Å². The molecule has 1 aliphatic rings. The average Bonchev–Trinajstić information content (AvgIpc) is 3.50. The van der Waals surface area contributed by atoms with Gasteiger partial charge in [0, 0.05) is 24.0 Å². The fourth-order valence-corrected chi connectivity index (χ4v) is 5.94. The molecule has 1 aromatic carbocycles. The van der Waals surface area contributed by atoms with Crippen molar-refractivity contribution in [1.82, 2.24) is 20.1 Å². The van der Waals surface area contributed by atoms with Crippen LogP contribution in [0.3, 0.4) is 0 Å². The third-order valence-corrected chi connectivity index (χ3v) is 8.24. The van der Waals surface area contributed by atoms with Crippen LogP contribution < -0.4 is 10.9 Å². The number of ether oxygens (including phenoxy) is 1. The summed E-state index contributed by atoms with van der Waals surface area (Å²) in [5, 5.41) is 4.24. The fraction of sp³-hybridized carbons (Fsp3) is 0.211. The zero-order valence-electron chi connectivity index (χ0n) is 16.1. The lowest BCUT2D eigenvalue weighted by atomic mass is 10.2. The normalized spacial score (nSPS) is 14.8. The number of aromatic nitrogens is 1. The average molecular weight is 479 g/mol. The number of nitrogens with one attached hydrogen (secondary N) is 2. The van der Waals surface area contributed by atoms with Crippen molar-refractivity contribution in [2.45, 2.75) is 4.90 Å². The number of amides is 2. The van der Waals surface area contributed by atoms with E-state index >= 15 is 0 Å². The minimum Gasteiger partial charge on any atom is -0.379 e. The van der Waals surface area contributed by atoms with Gasteiger partial charge in [0.1, 0.15) is 10.7 Å². The highest BCUT2D eigenvalue weighted by atomic mass is 32.2. The summed E-state index contributed by atoms with van der Waals surface area (Å²) in [6.45, 7) is 1.18. The van der Waals surface area contributed by atoms with Crippen molar-refractivity contribution in [3.05, 3.63) is 58.4 Å². The zero-order chi connectivity index (χ0) is 21.8. The van der Waals surface area contributed by atoms with Crippen LogP contribution in [-0.4, -0.2) is 55.8 Å². The number of carbonyl (C=O) groups is 2. The Morgan fingerprint density at radius 2 is 1.81 bits per heavy atom. The molecular formula is C19H18N4O5S3. The summed E-state index contributed by atoms with van der Waals surface area (Å²) in [5.74, 6) is -1.20. The highest BCUT2D eigenvalue weighted by molar-refractivity contribution is 7.89. The number of carbonyl (C=O) groups excluding carboxylic acids is 2. The number of thiazole rings is 1. The molecule has 3 heterocycles. The quantitative estimate of drug-likeness (QED) is 0.542. The molecule has 2 amide bonds. The SMILES string of the molecule is O=C(NNC(=O)c1csc(-c2cccs2)n1)c1cccc(S(=O)(=O)N2CCOCC2)c1. The molecule has 2 aromatic heterocycles. The molecule has 2 N–H and O–H groups in total.